The first-order valence-electron chi connectivity index (χ1n) is 8.94. The molecule has 2 nitrogen and oxygen atoms in total. The number of aliphatic hydroxyl groups is 1. The van der Waals surface area contributed by atoms with E-state index >= 15 is 0 Å². The van der Waals surface area contributed by atoms with Crippen molar-refractivity contribution in [3.63, 3.8) is 0 Å². The maximum Gasteiger partial charge on any atom is 0.164 e. The van der Waals surface area contributed by atoms with Gasteiger partial charge in [-0.2, -0.15) is 0 Å². The number of halogens is 4. The molecule has 0 aromatic heterocycles. The van der Waals surface area contributed by atoms with Gasteiger partial charge in [0.1, 0.15) is 17.2 Å². The summed E-state index contributed by atoms with van der Waals surface area (Å²) in [6.45, 7) is 4.79. The lowest BCUT2D eigenvalue weighted by Crippen LogP contribution is -2.41. The van der Waals surface area contributed by atoms with Crippen molar-refractivity contribution in [2.75, 3.05) is 20.6 Å². The first-order valence-corrected chi connectivity index (χ1v) is 8.94. The lowest BCUT2D eigenvalue weighted by atomic mass is 9.75. The van der Waals surface area contributed by atoms with Gasteiger partial charge in [-0.3, -0.25) is 0 Å². The highest BCUT2D eigenvalue weighted by Gasteiger charge is 2.41. The first kappa shape index (κ1) is 22.1. The van der Waals surface area contributed by atoms with Crippen LogP contribution in [0, 0.1) is 36.1 Å². The Morgan fingerprint density at radius 3 is 2.21 bits per heavy atom. The zero-order valence-electron chi connectivity index (χ0n) is 16.7. The van der Waals surface area contributed by atoms with Crippen LogP contribution >= 0.6 is 0 Å². The maximum atomic E-state index is 14.9. The molecule has 0 fully saturated rings. The van der Waals surface area contributed by atoms with E-state index in [0.29, 0.717) is 23.7 Å². The van der Waals surface area contributed by atoms with Crippen LogP contribution in [0.15, 0.2) is 35.9 Å². The minimum Gasteiger partial charge on any atom is -0.380 e. The summed E-state index contributed by atoms with van der Waals surface area (Å²) in [5.41, 5.74) is -1.79. The van der Waals surface area contributed by atoms with Crippen LogP contribution in [-0.4, -0.2) is 30.6 Å². The smallest absolute Gasteiger partial charge is 0.164 e. The Bertz CT molecular complexity index is 877. The summed E-state index contributed by atoms with van der Waals surface area (Å²) in [6.07, 6.45) is 1.58. The third-order valence-corrected chi connectivity index (χ3v) is 4.99. The van der Waals surface area contributed by atoms with Crippen molar-refractivity contribution < 1.29 is 22.7 Å². The van der Waals surface area contributed by atoms with Gasteiger partial charge in [0.15, 0.2) is 11.6 Å². The number of rotatable bonds is 6. The lowest BCUT2D eigenvalue weighted by molar-refractivity contribution is 0.00693. The molecule has 2 atom stereocenters. The molecular weight excluding hydrogens is 370 g/mol. The topological polar surface area (TPSA) is 23.5 Å². The van der Waals surface area contributed by atoms with Crippen LogP contribution in [0.3, 0.4) is 0 Å². The quantitative estimate of drug-likeness (QED) is 0.547. The molecule has 0 heterocycles. The molecule has 2 aromatic rings. The predicted octanol–water partition coefficient (Wildman–Crippen LogP) is 5.04. The molecule has 0 saturated carbocycles. The van der Waals surface area contributed by atoms with E-state index in [9.17, 15) is 22.7 Å². The summed E-state index contributed by atoms with van der Waals surface area (Å²) in [6, 6.07) is 6.28. The van der Waals surface area contributed by atoms with E-state index < -0.39 is 40.4 Å². The monoisotopic (exact) mass is 395 g/mol. The fraction of sp³-hybridized carbons (Fsp3) is 0.364. The molecule has 28 heavy (non-hydrogen) atoms. The second kappa shape index (κ2) is 8.45. The molecule has 0 radical (unpaired) electrons. The average molecular weight is 395 g/mol. The predicted molar refractivity (Wildman–Crippen MR) is 103 cm³/mol. The molecule has 2 unspecified atom stereocenters. The molecule has 2 aromatic carbocycles. The van der Waals surface area contributed by atoms with Gasteiger partial charge in [-0.05, 0) is 57.3 Å². The van der Waals surface area contributed by atoms with Crippen LogP contribution in [-0.2, 0) is 5.60 Å². The van der Waals surface area contributed by atoms with Gasteiger partial charge in [0.25, 0.3) is 0 Å². The van der Waals surface area contributed by atoms with Crippen LogP contribution in [0.2, 0.25) is 0 Å². The van der Waals surface area contributed by atoms with Gasteiger partial charge in [-0.25, -0.2) is 17.6 Å². The highest BCUT2D eigenvalue weighted by atomic mass is 19.2. The molecule has 1 N–H and O–H groups in total. The fourth-order valence-corrected chi connectivity index (χ4v) is 3.47. The van der Waals surface area contributed by atoms with E-state index in [1.807, 2.05) is 4.90 Å². The summed E-state index contributed by atoms with van der Waals surface area (Å²) in [5, 5.41) is 11.6. The second-order valence-electron chi connectivity index (χ2n) is 7.47. The molecule has 6 heteroatoms. The minimum atomic E-state index is -1.90. The Kier molecular flexibility index (Phi) is 6.67. The standard InChI is InChI=1S/C22H25F4NO/c1-13(10-16-6-8-17(23)9-7-16)22(28,14(2)12-27(4)5)18-11-19(24)21(26)15(3)20(18)25/h6-11,14,28H,12H2,1-5H3. The van der Waals surface area contributed by atoms with Gasteiger partial charge in [0.2, 0.25) is 0 Å². The summed E-state index contributed by atoms with van der Waals surface area (Å²) >= 11 is 0. The van der Waals surface area contributed by atoms with Crippen molar-refractivity contribution in [1.82, 2.24) is 4.90 Å². The fourth-order valence-electron chi connectivity index (χ4n) is 3.47. The third kappa shape index (κ3) is 4.28. The Morgan fingerprint density at radius 1 is 1.11 bits per heavy atom. The lowest BCUT2D eigenvalue weighted by Gasteiger charge is -2.38. The molecule has 0 aliphatic heterocycles. The highest BCUT2D eigenvalue weighted by molar-refractivity contribution is 5.56. The zero-order chi connectivity index (χ0) is 21.2. The molecule has 0 bridgehead atoms. The molecule has 0 aliphatic rings. The third-order valence-electron chi connectivity index (χ3n) is 4.99. The molecule has 2 rings (SSSR count). The Hall–Kier alpha value is -2.18. The second-order valence-corrected chi connectivity index (χ2v) is 7.47. The van der Waals surface area contributed by atoms with Gasteiger partial charge in [0, 0.05) is 23.6 Å². The van der Waals surface area contributed by atoms with Crippen molar-refractivity contribution >= 4 is 6.08 Å². The number of benzene rings is 2. The van der Waals surface area contributed by atoms with Crippen LogP contribution in [0.25, 0.3) is 6.08 Å². The van der Waals surface area contributed by atoms with E-state index in [4.69, 9.17) is 0 Å². The van der Waals surface area contributed by atoms with Gasteiger partial charge in [-0.15, -0.1) is 0 Å². The summed E-state index contributed by atoms with van der Waals surface area (Å²) in [4.78, 5) is 1.81. The number of nitrogens with zero attached hydrogens (tertiary/aromatic N) is 1. The zero-order valence-corrected chi connectivity index (χ0v) is 16.7. The first-order chi connectivity index (χ1) is 13.0. The van der Waals surface area contributed by atoms with E-state index in [-0.39, 0.29) is 5.56 Å². The van der Waals surface area contributed by atoms with Crippen molar-refractivity contribution in [3.05, 3.63) is 75.9 Å². The molecule has 0 aliphatic carbocycles. The van der Waals surface area contributed by atoms with Crippen LogP contribution in [0.4, 0.5) is 17.6 Å². The summed E-state index contributed by atoms with van der Waals surface area (Å²) in [5.74, 6) is -4.45. The number of hydrogen-bond acceptors (Lipinski definition) is 2. The van der Waals surface area contributed by atoms with Crippen LogP contribution in [0.5, 0.6) is 0 Å². The van der Waals surface area contributed by atoms with E-state index in [0.717, 1.165) is 6.92 Å². The van der Waals surface area contributed by atoms with E-state index in [1.165, 1.54) is 24.3 Å². The van der Waals surface area contributed by atoms with E-state index in [1.54, 1.807) is 34.0 Å². The van der Waals surface area contributed by atoms with Crippen LogP contribution in [0.1, 0.15) is 30.5 Å². The van der Waals surface area contributed by atoms with Crippen LogP contribution < -0.4 is 0 Å². The summed E-state index contributed by atoms with van der Waals surface area (Å²) in [7, 11) is 3.59. The average Bonchev–Trinajstić information content (AvgIpc) is 2.63. The van der Waals surface area contributed by atoms with Crippen molar-refractivity contribution in [3.8, 4) is 0 Å². The largest absolute Gasteiger partial charge is 0.380 e. The van der Waals surface area contributed by atoms with Gasteiger partial charge in [-0.1, -0.05) is 25.1 Å². The van der Waals surface area contributed by atoms with Crippen molar-refractivity contribution in [2.24, 2.45) is 5.92 Å². The SMILES string of the molecule is CC(=Cc1ccc(F)cc1)C(O)(c1cc(F)c(F)c(C)c1F)C(C)CN(C)C. The van der Waals surface area contributed by atoms with Gasteiger partial charge in [0.05, 0.1) is 0 Å². The van der Waals surface area contributed by atoms with Crippen molar-refractivity contribution in [2.45, 2.75) is 26.4 Å². The molecule has 0 saturated heterocycles. The minimum absolute atomic E-state index is 0.325. The Morgan fingerprint density at radius 2 is 1.68 bits per heavy atom. The molecule has 152 valence electrons. The molecular formula is C22H25F4NO. The van der Waals surface area contributed by atoms with E-state index in [2.05, 4.69) is 0 Å². The Labute approximate surface area is 163 Å². The number of hydrogen-bond donors (Lipinski definition) is 1. The van der Waals surface area contributed by atoms with Gasteiger partial charge >= 0.3 is 0 Å². The summed E-state index contributed by atoms with van der Waals surface area (Å²) < 4.78 is 56.0. The van der Waals surface area contributed by atoms with Crippen molar-refractivity contribution in [1.29, 1.82) is 0 Å². The molecule has 0 spiro atoms. The Balaban J connectivity index is 2.69. The normalized spacial score (nSPS) is 15.6. The molecule has 0 amide bonds. The highest BCUT2D eigenvalue weighted by Crippen LogP contribution is 2.41. The van der Waals surface area contributed by atoms with Gasteiger partial charge < -0.3 is 10.0 Å². The maximum absolute atomic E-state index is 14.9.